The van der Waals surface area contributed by atoms with Crippen molar-refractivity contribution in [3.63, 3.8) is 0 Å². The number of thiophene rings is 1. The molecule has 5 nitrogen and oxygen atoms in total. The van der Waals surface area contributed by atoms with Crippen LogP contribution < -0.4 is 4.90 Å². The van der Waals surface area contributed by atoms with E-state index < -0.39 is 12.1 Å². The van der Waals surface area contributed by atoms with Gasteiger partial charge in [0.2, 0.25) is 0 Å². The Kier molecular flexibility index (Phi) is 9.86. The smallest absolute Gasteiger partial charge is 0.345 e. The molecule has 180 valence electrons. The van der Waals surface area contributed by atoms with Crippen molar-refractivity contribution in [3.8, 4) is 0 Å². The molecule has 0 saturated carbocycles. The van der Waals surface area contributed by atoms with Gasteiger partial charge in [-0.3, -0.25) is 4.79 Å². The average Bonchev–Trinajstić information content (AvgIpc) is 3.34. The fourth-order valence-corrected chi connectivity index (χ4v) is 4.80. The molecule has 0 bridgehead atoms. The van der Waals surface area contributed by atoms with Crippen molar-refractivity contribution in [2.45, 2.75) is 58.0 Å². The monoisotopic (exact) mass is 479 g/mol. The minimum absolute atomic E-state index is 0.0545. The Morgan fingerprint density at radius 3 is 2.29 bits per heavy atom. The summed E-state index contributed by atoms with van der Waals surface area (Å²) in [5.41, 5.74) is 2.32. The van der Waals surface area contributed by atoms with Gasteiger partial charge in [0, 0.05) is 22.7 Å². The zero-order chi connectivity index (χ0) is 24.3. The van der Waals surface area contributed by atoms with Gasteiger partial charge in [-0.15, -0.1) is 11.3 Å². The second kappa shape index (κ2) is 13.1. The highest BCUT2D eigenvalue weighted by Crippen LogP contribution is 2.25. The van der Waals surface area contributed by atoms with E-state index in [-0.39, 0.29) is 5.91 Å². The molecule has 0 saturated heterocycles. The highest BCUT2D eigenvalue weighted by Gasteiger charge is 2.18. The van der Waals surface area contributed by atoms with Crippen LogP contribution in [0.2, 0.25) is 0 Å². The maximum absolute atomic E-state index is 13.3. The van der Waals surface area contributed by atoms with Crippen LogP contribution in [0.1, 0.15) is 82.0 Å². The van der Waals surface area contributed by atoms with Gasteiger partial charge in [0.15, 0.2) is 0 Å². The van der Waals surface area contributed by atoms with Crippen molar-refractivity contribution in [3.05, 3.63) is 87.6 Å². The Hall–Kier alpha value is -2.96. The summed E-state index contributed by atoms with van der Waals surface area (Å²) in [5.74, 6) is -0.948. The average molecular weight is 480 g/mol. The first-order chi connectivity index (χ1) is 16.5. The number of carboxylic acid groups (broad SMARTS) is 1. The molecule has 34 heavy (non-hydrogen) atoms. The molecule has 1 unspecified atom stereocenters. The molecule has 0 radical (unpaired) electrons. The number of rotatable bonds is 13. The molecule has 3 aromatic rings. The number of amides is 1. The maximum Gasteiger partial charge on any atom is 0.345 e. The summed E-state index contributed by atoms with van der Waals surface area (Å²) in [4.78, 5) is 27.6. The molecule has 0 spiro atoms. The number of hydrogen-bond acceptors (Lipinski definition) is 4. The van der Waals surface area contributed by atoms with Crippen molar-refractivity contribution in [1.29, 1.82) is 0 Å². The Balaban J connectivity index is 1.67. The van der Waals surface area contributed by atoms with Gasteiger partial charge in [0.05, 0.1) is 6.10 Å². The van der Waals surface area contributed by atoms with E-state index in [1.807, 2.05) is 60.7 Å². The van der Waals surface area contributed by atoms with Crippen LogP contribution in [0.25, 0.3) is 0 Å². The van der Waals surface area contributed by atoms with Gasteiger partial charge in [-0.2, -0.15) is 0 Å². The van der Waals surface area contributed by atoms with Gasteiger partial charge < -0.3 is 15.1 Å². The standard InChI is InChI=1S/C28H33NO4S/c1-2-3-5-13-25(30)21-14-16-23(17-15-21)29(27(31)22-10-6-4-7-11-22)20-9-8-12-24-18-19-26(34-24)28(32)33/h4,6-7,10-11,14-19,25,30H,2-3,5,8-9,12-13,20H2,1H3,(H,32,33). The Bertz CT molecular complexity index is 1050. The van der Waals surface area contributed by atoms with Crippen molar-refractivity contribution in [2.75, 3.05) is 11.4 Å². The maximum atomic E-state index is 13.3. The summed E-state index contributed by atoms with van der Waals surface area (Å²) in [6.45, 7) is 2.70. The summed E-state index contributed by atoms with van der Waals surface area (Å²) >= 11 is 1.31. The molecule has 1 aromatic heterocycles. The Morgan fingerprint density at radius 2 is 1.65 bits per heavy atom. The van der Waals surface area contributed by atoms with E-state index in [1.54, 1.807) is 11.0 Å². The lowest BCUT2D eigenvalue weighted by atomic mass is 10.0. The Morgan fingerprint density at radius 1 is 0.912 bits per heavy atom. The summed E-state index contributed by atoms with van der Waals surface area (Å²) in [6.07, 6.45) is 5.91. The van der Waals surface area contributed by atoms with Crippen molar-refractivity contribution < 1.29 is 19.8 Å². The minimum atomic E-state index is -0.894. The Labute approximate surface area is 205 Å². The minimum Gasteiger partial charge on any atom is -0.477 e. The van der Waals surface area contributed by atoms with Crippen LogP contribution in [0.4, 0.5) is 5.69 Å². The fraction of sp³-hybridized carbons (Fsp3) is 0.357. The number of aliphatic hydroxyl groups excluding tert-OH is 1. The molecule has 1 heterocycles. The molecule has 0 aliphatic heterocycles. The van der Waals surface area contributed by atoms with Gasteiger partial charge in [-0.05, 0) is 67.6 Å². The number of hydrogen-bond donors (Lipinski definition) is 2. The van der Waals surface area contributed by atoms with Crippen molar-refractivity contribution in [2.24, 2.45) is 0 Å². The molecule has 0 aliphatic carbocycles. The number of aromatic carboxylic acids is 1. The summed E-state index contributed by atoms with van der Waals surface area (Å²) in [5, 5.41) is 19.6. The van der Waals surface area contributed by atoms with E-state index >= 15 is 0 Å². The number of nitrogens with zero attached hydrogens (tertiary/aromatic N) is 1. The van der Waals surface area contributed by atoms with E-state index in [1.165, 1.54) is 11.3 Å². The van der Waals surface area contributed by atoms with E-state index in [9.17, 15) is 14.7 Å². The third-order valence-corrected chi connectivity index (χ3v) is 7.00. The first-order valence-electron chi connectivity index (χ1n) is 12.0. The zero-order valence-corrected chi connectivity index (χ0v) is 20.5. The third kappa shape index (κ3) is 7.27. The first-order valence-corrected chi connectivity index (χ1v) is 12.8. The van der Waals surface area contributed by atoms with Crippen LogP contribution in [-0.2, 0) is 6.42 Å². The third-order valence-electron chi connectivity index (χ3n) is 5.86. The normalized spacial score (nSPS) is 11.8. The second-order valence-corrected chi connectivity index (χ2v) is 9.62. The van der Waals surface area contributed by atoms with Crippen LogP contribution in [-0.4, -0.2) is 28.6 Å². The number of carboxylic acids is 1. The van der Waals surface area contributed by atoms with E-state index in [0.717, 1.165) is 61.1 Å². The molecule has 1 atom stereocenters. The lowest BCUT2D eigenvalue weighted by Crippen LogP contribution is -2.32. The molecule has 3 rings (SSSR count). The van der Waals surface area contributed by atoms with Crippen LogP contribution in [0.5, 0.6) is 0 Å². The van der Waals surface area contributed by atoms with Crippen LogP contribution >= 0.6 is 11.3 Å². The molecular weight excluding hydrogens is 446 g/mol. The largest absolute Gasteiger partial charge is 0.477 e. The summed E-state index contributed by atoms with van der Waals surface area (Å²) in [6, 6.07) is 20.4. The SMILES string of the molecule is CCCCCC(O)c1ccc(N(CCCCc2ccc(C(=O)O)s2)C(=O)c2ccccc2)cc1. The lowest BCUT2D eigenvalue weighted by Gasteiger charge is -2.24. The molecule has 2 N–H and O–H groups in total. The molecule has 6 heteroatoms. The molecular formula is C28H33NO4S. The van der Waals surface area contributed by atoms with E-state index in [2.05, 4.69) is 6.92 Å². The van der Waals surface area contributed by atoms with Gasteiger partial charge in [-0.1, -0.05) is 56.5 Å². The molecule has 2 aromatic carbocycles. The number of carbonyl (C=O) groups is 2. The number of aryl methyl sites for hydroxylation is 1. The lowest BCUT2D eigenvalue weighted by molar-refractivity contribution is 0.0702. The summed E-state index contributed by atoms with van der Waals surface area (Å²) in [7, 11) is 0. The van der Waals surface area contributed by atoms with Crippen LogP contribution in [0, 0.1) is 0 Å². The first kappa shape index (κ1) is 25.7. The van der Waals surface area contributed by atoms with E-state index in [4.69, 9.17) is 5.11 Å². The van der Waals surface area contributed by atoms with Crippen molar-refractivity contribution in [1.82, 2.24) is 0 Å². The number of anilines is 1. The van der Waals surface area contributed by atoms with Crippen LogP contribution in [0.3, 0.4) is 0 Å². The second-order valence-electron chi connectivity index (χ2n) is 8.45. The molecule has 0 aliphatic rings. The quantitative estimate of drug-likeness (QED) is 0.266. The van der Waals surface area contributed by atoms with Gasteiger partial charge in [0.25, 0.3) is 5.91 Å². The fourth-order valence-electron chi connectivity index (χ4n) is 3.91. The van der Waals surface area contributed by atoms with Gasteiger partial charge >= 0.3 is 5.97 Å². The van der Waals surface area contributed by atoms with E-state index in [0.29, 0.717) is 17.0 Å². The number of carbonyl (C=O) groups excluding carboxylic acids is 1. The number of benzene rings is 2. The van der Waals surface area contributed by atoms with Gasteiger partial charge in [-0.25, -0.2) is 4.79 Å². The highest BCUT2D eigenvalue weighted by molar-refractivity contribution is 7.13. The number of unbranched alkanes of at least 4 members (excludes halogenated alkanes) is 3. The zero-order valence-electron chi connectivity index (χ0n) is 19.7. The summed E-state index contributed by atoms with van der Waals surface area (Å²) < 4.78 is 0. The highest BCUT2D eigenvalue weighted by atomic mass is 32.1. The predicted octanol–water partition coefficient (Wildman–Crippen LogP) is 6.73. The van der Waals surface area contributed by atoms with Crippen LogP contribution in [0.15, 0.2) is 66.7 Å². The topological polar surface area (TPSA) is 77.8 Å². The van der Waals surface area contributed by atoms with Crippen molar-refractivity contribution >= 4 is 28.9 Å². The predicted molar refractivity (Wildman–Crippen MR) is 138 cm³/mol. The molecule has 0 fully saturated rings. The number of aliphatic hydroxyl groups is 1. The molecule has 1 amide bonds. The van der Waals surface area contributed by atoms with Gasteiger partial charge in [0.1, 0.15) is 4.88 Å².